The first-order valence-corrected chi connectivity index (χ1v) is 6.86. The number of fused-ring (bicyclic) bond motifs is 1. The lowest BCUT2D eigenvalue weighted by atomic mass is 10.1. The van der Waals surface area contributed by atoms with Crippen molar-refractivity contribution in [3.8, 4) is 11.4 Å². The summed E-state index contributed by atoms with van der Waals surface area (Å²) in [6.07, 6.45) is 0.838. The maximum Gasteiger partial charge on any atom is 0.167 e. The van der Waals surface area contributed by atoms with E-state index in [1.54, 1.807) is 12.1 Å². The van der Waals surface area contributed by atoms with Gasteiger partial charge in [0.1, 0.15) is 0 Å². The van der Waals surface area contributed by atoms with Crippen molar-refractivity contribution < 1.29 is 13.7 Å². The van der Waals surface area contributed by atoms with Crippen LogP contribution in [0.4, 0.5) is 4.39 Å². The Labute approximate surface area is 123 Å². The van der Waals surface area contributed by atoms with Gasteiger partial charge in [0.25, 0.3) is 0 Å². The summed E-state index contributed by atoms with van der Waals surface area (Å²) in [5.74, 6) is -0.291. The molecule has 5 heteroatoms. The number of carbonyl (C=O) groups is 1. The SMILES string of the molecule is Cc1c(C=O)c2ccccc2n1-c1ccc(OP)c(F)c1. The molecule has 0 saturated heterocycles. The number of nitrogens with zero attached hydrogens (tertiary/aromatic N) is 1. The van der Waals surface area contributed by atoms with Crippen LogP contribution in [-0.4, -0.2) is 10.9 Å². The van der Waals surface area contributed by atoms with Gasteiger partial charge in [-0.15, -0.1) is 0 Å². The predicted molar refractivity (Wildman–Crippen MR) is 83.7 cm³/mol. The number of para-hydroxylation sites is 1. The van der Waals surface area contributed by atoms with Crippen LogP contribution in [0.2, 0.25) is 0 Å². The van der Waals surface area contributed by atoms with Crippen LogP contribution in [0.5, 0.6) is 5.75 Å². The van der Waals surface area contributed by atoms with Crippen LogP contribution in [0, 0.1) is 12.7 Å². The molecule has 1 atom stereocenters. The van der Waals surface area contributed by atoms with E-state index >= 15 is 0 Å². The number of aldehydes is 1. The van der Waals surface area contributed by atoms with E-state index in [-0.39, 0.29) is 5.75 Å². The number of hydrogen-bond acceptors (Lipinski definition) is 2. The Bertz CT molecular complexity index is 842. The zero-order chi connectivity index (χ0) is 15.0. The highest BCUT2D eigenvalue weighted by molar-refractivity contribution is 7.10. The molecule has 2 aromatic carbocycles. The summed E-state index contributed by atoms with van der Waals surface area (Å²) in [6, 6.07) is 12.3. The monoisotopic (exact) mass is 301 g/mol. The van der Waals surface area contributed by atoms with Crippen molar-refractivity contribution in [2.24, 2.45) is 0 Å². The zero-order valence-electron chi connectivity index (χ0n) is 11.3. The lowest BCUT2D eigenvalue weighted by Crippen LogP contribution is -1.98. The lowest BCUT2D eigenvalue weighted by molar-refractivity contribution is 0.112. The normalized spacial score (nSPS) is 10.8. The van der Waals surface area contributed by atoms with Gasteiger partial charge < -0.3 is 9.09 Å². The van der Waals surface area contributed by atoms with E-state index in [1.165, 1.54) is 6.07 Å². The molecule has 0 fully saturated rings. The van der Waals surface area contributed by atoms with Crippen molar-refractivity contribution in [1.82, 2.24) is 4.57 Å². The van der Waals surface area contributed by atoms with Crippen molar-refractivity contribution in [2.75, 3.05) is 0 Å². The highest BCUT2D eigenvalue weighted by atomic mass is 31.0. The molecule has 1 heterocycles. The summed E-state index contributed by atoms with van der Waals surface area (Å²) in [5, 5.41) is 0.858. The Kier molecular flexibility index (Phi) is 3.48. The first-order chi connectivity index (χ1) is 10.2. The molecular weight excluding hydrogens is 288 g/mol. The number of rotatable bonds is 3. The average Bonchev–Trinajstić information content (AvgIpc) is 2.78. The third-order valence-electron chi connectivity index (χ3n) is 3.58. The van der Waals surface area contributed by atoms with E-state index in [0.29, 0.717) is 11.3 Å². The van der Waals surface area contributed by atoms with Gasteiger partial charge in [-0.3, -0.25) is 4.79 Å². The van der Waals surface area contributed by atoms with Gasteiger partial charge >= 0.3 is 0 Å². The average molecular weight is 301 g/mol. The standard InChI is InChI=1S/C16H13FNO2P/c1-10-13(9-19)12-4-2-3-5-15(12)18(10)11-6-7-16(20-21)14(17)8-11/h2-9H,21H2,1H3. The minimum atomic E-state index is -0.452. The van der Waals surface area contributed by atoms with Crippen LogP contribution < -0.4 is 4.52 Å². The molecule has 0 aliphatic rings. The Hall–Kier alpha value is -2.19. The fraction of sp³-hybridized carbons (Fsp3) is 0.0625. The predicted octanol–water partition coefficient (Wildman–Crippen LogP) is 4.06. The van der Waals surface area contributed by atoms with Crippen LogP contribution in [-0.2, 0) is 0 Å². The second-order valence-corrected chi connectivity index (χ2v) is 4.94. The summed E-state index contributed by atoms with van der Waals surface area (Å²) in [6.45, 7) is 1.85. The minimum absolute atomic E-state index is 0.161. The molecule has 1 aromatic heterocycles. The van der Waals surface area contributed by atoms with E-state index in [1.807, 2.05) is 45.2 Å². The van der Waals surface area contributed by atoms with Crippen LogP contribution in [0.3, 0.4) is 0 Å². The van der Waals surface area contributed by atoms with Crippen LogP contribution in [0.1, 0.15) is 16.1 Å². The van der Waals surface area contributed by atoms with E-state index in [2.05, 4.69) is 0 Å². The van der Waals surface area contributed by atoms with Crippen molar-refractivity contribution >= 4 is 26.7 Å². The molecule has 0 aliphatic heterocycles. The minimum Gasteiger partial charge on any atom is -0.477 e. The summed E-state index contributed by atoms with van der Waals surface area (Å²) < 4.78 is 20.7. The van der Waals surface area contributed by atoms with Crippen LogP contribution in [0.25, 0.3) is 16.6 Å². The fourth-order valence-electron chi connectivity index (χ4n) is 2.60. The first kappa shape index (κ1) is 13.8. The third kappa shape index (κ3) is 2.12. The van der Waals surface area contributed by atoms with E-state index in [9.17, 15) is 9.18 Å². The highest BCUT2D eigenvalue weighted by Gasteiger charge is 2.15. The molecule has 0 aliphatic carbocycles. The van der Waals surface area contributed by atoms with E-state index < -0.39 is 5.82 Å². The van der Waals surface area contributed by atoms with Crippen molar-refractivity contribution in [1.29, 1.82) is 0 Å². The molecule has 1 unspecified atom stereocenters. The maximum absolute atomic E-state index is 13.9. The fourth-order valence-corrected chi connectivity index (χ4v) is 2.79. The molecule has 3 nitrogen and oxygen atoms in total. The summed E-state index contributed by atoms with van der Waals surface area (Å²) in [4.78, 5) is 11.3. The molecular formula is C16H13FNO2P. The van der Waals surface area contributed by atoms with Crippen molar-refractivity contribution in [3.63, 3.8) is 0 Å². The van der Waals surface area contributed by atoms with E-state index in [4.69, 9.17) is 4.52 Å². The van der Waals surface area contributed by atoms with Crippen LogP contribution >= 0.6 is 9.47 Å². The Morgan fingerprint density at radius 1 is 1.24 bits per heavy atom. The van der Waals surface area contributed by atoms with Gasteiger partial charge in [0, 0.05) is 28.4 Å². The molecule has 3 aromatic rings. The topological polar surface area (TPSA) is 31.2 Å². The molecule has 21 heavy (non-hydrogen) atoms. The molecule has 0 amide bonds. The molecule has 3 rings (SSSR count). The van der Waals surface area contributed by atoms with Gasteiger partial charge in [0.15, 0.2) is 17.9 Å². The Balaban J connectivity index is 2.32. The summed E-state index contributed by atoms with van der Waals surface area (Å²) >= 11 is 0. The lowest BCUT2D eigenvalue weighted by Gasteiger charge is -2.10. The molecule has 0 bridgehead atoms. The number of carbonyl (C=O) groups excluding carboxylic acids is 1. The van der Waals surface area contributed by atoms with Gasteiger partial charge in [-0.1, -0.05) is 18.2 Å². The quantitative estimate of drug-likeness (QED) is 0.539. The maximum atomic E-state index is 13.9. The highest BCUT2D eigenvalue weighted by Crippen LogP contribution is 2.30. The number of halogens is 1. The largest absolute Gasteiger partial charge is 0.477 e. The Morgan fingerprint density at radius 2 is 2.00 bits per heavy atom. The molecule has 0 saturated carbocycles. The summed E-state index contributed by atoms with van der Waals surface area (Å²) in [5.41, 5.74) is 2.93. The second-order valence-electron chi connectivity index (χ2n) is 4.70. The van der Waals surface area contributed by atoms with Crippen LogP contribution in [0.15, 0.2) is 42.5 Å². The molecule has 0 spiro atoms. The molecule has 0 radical (unpaired) electrons. The number of aromatic nitrogens is 1. The van der Waals surface area contributed by atoms with Gasteiger partial charge in [-0.2, -0.15) is 0 Å². The molecule has 106 valence electrons. The zero-order valence-corrected chi connectivity index (χ0v) is 12.5. The van der Waals surface area contributed by atoms with E-state index in [0.717, 1.165) is 22.9 Å². The van der Waals surface area contributed by atoms with Gasteiger partial charge in [0.2, 0.25) is 0 Å². The first-order valence-electron chi connectivity index (χ1n) is 6.39. The van der Waals surface area contributed by atoms with Gasteiger partial charge in [-0.25, -0.2) is 4.39 Å². The molecule has 0 N–H and O–H groups in total. The Morgan fingerprint density at radius 3 is 2.67 bits per heavy atom. The number of hydrogen-bond donors (Lipinski definition) is 0. The van der Waals surface area contributed by atoms with Gasteiger partial charge in [-0.05, 0) is 25.1 Å². The smallest absolute Gasteiger partial charge is 0.167 e. The number of benzene rings is 2. The van der Waals surface area contributed by atoms with Crippen molar-refractivity contribution in [2.45, 2.75) is 6.92 Å². The van der Waals surface area contributed by atoms with Gasteiger partial charge in [0.05, 0.1) is 15.0 Å². The summed E-state index contributed by atoms with van der Waals surface area (Å²) in [7, 11) is 2.02. The third-order valence-corrected chi connectivity index (χ3v) is 3.83. The van der Waals surface area contributed by atoms with Crippen molar-refractivity contribution in [3.05, 3.63) is 59.5 Å². The second kappa shape index (κ2) is 5.30.